The van der Waals surface area contributed by atoms with Crippen molar-refractivity contribution in [2.45, 2.75) is 6.42 Å². The molecule has 2 heterocycles. The Bertz CT molecular complexity index is 737. The van der Waals surface area contributed by atoms with Crippen LogP contribution in [-0.2, 0) is 6.42 Å². The fraction of sp³-hybridized carbons (Fsp3) is 0.143. The van der Waals surface area contributed by atoms with Gasteiger partial charge >= 0.3 is 0 Å². The summed E-state index contributed by atoms with van der Waals surface area (Å²) in [5.74, 6) is 6.37. The van der Waals surface area contributed by atoms with Crippen molar-refractivity contribution < 1.29 is 4.39 Å². The number of halogens is 1. The third kappa shape index (κ3) is 2.92. The highest BCUT2D eigenvalue weighted by molar-refractivity contribution is 5.65. The van der Waals surface area contributed by atoms with Crippen molar-refractivity contribution in [3.05, 3.63) is 54.2 Å². The van der Waals surface area contributed by atoms with Gasteiger partial charge in [-0.3, -0.25) is 0 Å². The minimum Gasteiger partial charge on any atom is -0.367 e. The monoisotopic (exact) mass is 286 g/mol. The topological polar surface area (TPSA) is 80.3 Å². The van der Waals surface area contributed by atoms with E-state index in [0.717, 1.165) is 17.6 Å². The second-order valence-corrected chi connectivity index (χ2v) is 4.58. The molecule has 0 aliphatic carbocycles. The molecule has 3 aromatic rings. The van der Waals surface area contributed by atoms with Crippen molar-refractivity contribution in [3.8, 4) is 0 Å². The summed E-state index contributed by atoms with van der Waals surface area (Å²) < 4.78 is 14.7. The fourth-order valence-corrected chi connectivity index (χ4v) is 2.10. The van der Waals surface area contributed by atoms with E-state index >= 15 is 0 Å². The number of aromatic nitrogens is 3. The molecule has 0 fully saturated rings. The van der Waals surface area contributed by atoms with Crippen molar-refractivity contribution in [1.82, 2.24) is 14.4 Å². The van der Waals surface area contributed by atoms with Gasteiger partial charge in [-0.15, -0.1) is 0 Å². The zero-order valence-electron chi connectivity index (χ0n) is 11.3. The van der Waals surface area contributed by atoms with Gasteiger partial charge in [0, 0.05) is 18.9 Å². The first-order chi connectivity index (χ1) is 10.3. The first-order valence-electron chi connectivity index (χ1n) is 6.55. The van der Waals surface area contributed by atoms with E-state index in [4.69, 9.17) is 5.84 Å². The summed E-state index contributed by atoms with van der Waals surface area (Å²) in [5, 5.41) is 3.23. The largest absolute Gasteiger partial charge is 0.367 e. The minimum absolute atomic E-state index is 0.228. The van der Waals surface area contributed by atoms with Gasteiger partial charge in [0.25, 0.3) is 0 Å². The minimum atomic E-state index is -0.228. The maximum Gasteiger partial charge on any atom is 0.180 e. The first-order valence-corrected chi connectivity index (χ1v) is 6.55. The quantitative estimate of drug-likeness (QED) is 0.492. The lowest BCUT2D eigenvalue weighted by molar-refractivity contribution is 0.627. The van der Waals surface area contributed by atoms with Gasteiger partial charge in [0.1, 0.15) is 5.82 Å². The van der Waals surface area contributed by atoms with Crippen LogP contribution in [0.25, 0.3) is 5.65 Å². The van der Waals surface area contributed by atoms with Crippen molar-refractivity contribution in [2.24, 2.45) is 5.84 Å². The predicted octanol–water partition coefficient (Wildman–Crippen LogP) is 1.81. The molecule has 21 heavy (non-hydrogen) atoms. The Morgan fingerprint density at radius 3 is 2.81 bits per heavy atom. The Morgan fingerprint density at radius 2 is 2.05 bits per heavy atom. The number of rotatable bonds is 5. The van der Waals surface area contributed by atoms with Crippen LogP contribution < -0.4 is 16.6 Å². The third-order valence-corrected chi connectivity index (χ3v) is 3.14. The molecular formula is C14H15FN6. The van der Waals surface area contributed by atoms with E-state index < -0.39 is 0 Å². The average Bonchev–Trinajstić information content (AvgIpc) is 2.97. The van der Waals surface area contributed by atoms with Crippen LogP contribution in [0.2, 0.25) is 0 Å². The van der Waals surface area contributed by atoms with Crippen LogP contribution >= 0.6 is 0 Å². The lowest BCUT2D eigenvalue weighted by Crippen LogP contribution is -2.13. The molecule has 0 unspecified atom stereocenters. The molecule has 0 spiro atoms. The van der Waals surface area contributed by atoms with Crippen LogP contribution in [0.4, 0.5) is 16.0 Å². The molecule has 3 rings (SSSR count). The average molecular weight is 286 g/mol. The van der Waals surface area contributed by atoms with Gasteiger partial charge in [-0.25, -0.2) is 20.2 Å². The molecular weight excluding hydrogens is 271 g/mol. The summed E-state index contributed by atoms with van der Waals surface area (Å²) in [6, 6.07) is 6.46. The summed E-state index contributed by atoms with van der Waals surface area (Å²) in [5.41, 5.74) is 4.30. The summed E-state index contributed by atoms with van der Waals surface area (Å²) in [6.07, 6.45) is 6.04. The van der Waals surface area contributed by atoms with Gasteiger partial charge in [-0.1, -0.05) is 12.1 Å². The van der Waals surface area contributed by atoms with E-state index in [2.05, 4.69) is 20.7 Å². The highest BCUT2D eigenvalue weighted by Gasteiger charge is 2.06. The molecule has 2 aromatic heterocycles. The van der Waals surface area contributed by atoms with Crippen LogP contribution in [0.15, 0.2) is 42.9 Å². The zero-order valence-corrected chi connectivity index (χ0v) is 11.3. The molecule has 6 nitrogen and oxygen atoms in total. The van der Waals surface area contributed by atoms with Gasteiger partial charge in [-0.2, -0.15) is 0 Å². The molecule has 0 amide bonds. The Hall–Kier alpha value is -2.67. The summed E-state index contributed by atoms with van der Waals surface area (Å²) in [7, 11) is 0. The van der Waals surface area contributed by atoms with Crippen LogP contribution in [0.3, 0.4) is 0 Å². The highest BCUT2D eigenvalue weighted by atomic mass is 19.1. The Labute approximate surface area is 120 Å². The number of nitrogens with two attached hydrogens (primary N) is 1. The zero-order chi connectivity index (χ0) is 14.7. The normalized spacial score (nSPS) is 10.8. The molecule has 4 N–H and O–H groups in total. The van der Waals surface area contributed by atoms with Gasteiger partial charge < -0.3 is 15.1 Å². The summed E-state index contributed by atoms with van der Waals surface area (Å²) >= 11 is 0. The van der Waals surface area contributed by atoms with Crippen molar-refractivity contribution in [2.75, 3.05) is 17.3 Å². The number of hydrazine groups is 1. The number of hydrogen-bond donors (Lipinski definition) is 3. The van der Waals surface area contributed by atoms with Crippen LogP contribution in [0, 0.1) is 5.82 Å². The van der Waals surface area contributed by atoms with Gasteiger partial charge in [-0.05, 0) is 24.1 Å². The molecule has 1 aromatic carbocycles. The van der Waals surface area contributed by atoms with Crippen LogP contribution in [-0.4, -0.2) is 20.9 Å². The van der Waals surface area contributed by atoms with Crippen molar-refractivity contribution >= 4 is 17.3 Å². The van der Waals surface area contributed by atoms with E-state index in [1.54, 1.807) is 24.5 Å². The van der Waals surface area contributed by atoms with E-state index in [1.807, 2.05) is 10.6 Å². The summed E-state index contributed by atoms with van der Waals surface area (Å²) in [6.45, 7) is 0.662. The van der Waals surface area contributed by atoms with E-state index in [9.17, 15) is 4.39 Å². The molecule has 108 valence electrons. The second-order valence-electron chi connectivity index (χ2n) is 4.58. The predicted molar refractivity (Wildman–Crippen MR) is 79.4 cm³/mol. The number of anilines is 2. The SMILES string of the molecule is NNc1cn2ccnc2c(NCCc2ccc(F)cc2)n1. The van der Waals surface area contributed by atoms with Gasteiger partial charge in [0.15, 0.2) is 17.3 Å². The number of nitrogens with zero attached hydrogens (tertiary/aromatic N) is 3. The van der Waals surface area contributed by atoms with Gasteiger partial charge in [0.05, 0.1) is 6.20 Å². The maximum absolute atomic E-state index is 12.8. The molecule has 0 atom stereocenters. The molecule has 0 saturated carbocycles. The van der Waals surface area contributed by atoms with E-state index in [0.29, 0.717) is 18.2 Å². The standard InChI is InChI=1S/C14H15FN6/c15-11-3-1-10(2-4-11)5-6-17-13-14-18-7-8-21(14)9-12(19-13)20-16/h1-4,7-9,20H,5-6,16H2,(H,17,19). The molecule has 0 saturated heterocycles. The number of nitrogens with one attached hydrogen (secondary N) is 2. The Balaban J connectivity index is 1.72. The molecule has 0 aliphatic rings. The first kappa shape index (κ1) is 13.3. The number of fused-ring (bicyclic) bond motifs is 1. The second kappa shape index (κ2) is 5.76. The van der Waals surface area contributed by atoms with Crippen LogP contribution in [0.5, 0.6) is 0 Å². The maximum atomic E-state index is 12.8. The number of imidazole rings is 1. The molecule has 0 bridgehead atoms. The van der Waals surface area contributed by atoms with Gasteiger partial charge in [0.2, 0.25) is 0 Å². The Morgan fingerprint density at radius 1 is 1.24 bits per heavy atom. The number of hydrogen-bond acceptors (Lipinski definition) is 5. The highest BCUT2D eigenvalue weighted by Crippen LogP contribution is 2.15. The van der Waals surface area contributed by atoms with Crippen molar-refractivity contribution in [3.63, 3.8) is 0 Å². The number of nitrogen functional groups attached to an aromatic ring is 1. The lowest BCUT2D eigenvalue weighted by Gasteiger charge is -2.09. The molecule has 7 heteroatoms. The van der Waals surface area contributed by atoms with Crippen LogP contribution in [0.1, 0.15) is 5.56 Å². The lowest BCUT2D eigenvalue weighted by atomic mass is 10.1. The molecule has 0 radical (unpaired) electrons. The fourth-order valence-electron chi connectivity index (χ4n) is 2.10. The van der Waals surface area contributed by atoms with E-state index in [-0.39, 0.29) is 5.82 Å². The van der Waals surface area contributed by atoms with Crippen molar-refractivity contribution in [1.29, 1.82) is 0 Å². The smallest absolute Gasteiger partial charge is 0.180 e. The third-order valence-electron chi connectivity index (χ3n) is 3.14. The summed E-state index contributed by atoms with van der Waals surface area (Å²) in [4.78, 5) is 8.60. The molecule has 0 aliphatic heterocycles. The Kier molecular flexibility index (Phi) is 3.65. The van der Waals surface area contributed by atoms with E-state index in [1.165, 1.54) is 12.1 Å². The number of benzene rings is 1.